The van der Waals surface area contributed by atoms with Gasteiger partial charge in [0.2, 0.25) is 11.8 Å². The molecule has 0 atom stereocenters. The summed E-state index contributed by atoms with van der Waals surface area (Å²) < 4.78 is 0. The fraction of sp³-hybridized carbons (Fsp3) is 0.412. The Bertz CT molecular complexity index is 865. The zero-order valence-corrected chi connectivity index (χ0v) is 15.5. The van der Waals surface area contributed by atoms with E-state index < -0.39 is 29.2 Å². The molecule has 4 amide bonds. The summed E-state index contributed by atoms with van der Waals surface area (Å²) in [5, 5.41) is 13.6. The Morgan fingerprint density at radius 3 is 2.43 bits per heavy atom. The number of nitrogens with one attached hydrogen (secondary N) is 1. The third-order valence-corrected chi connectivity index (χ3v) is 5.04. The molecule has 0 unspecified atom stereocenters. The maximum atomic E-state index is 12.5. The van der Waals surface area contributed by atoms with Crippen LogP contribution in [0, 0.1) is 10.1 Å². The number of nitrogens with zero attached hydrogens (tertiary/aromatic N) is 3. The Morgan fingerprint density at radius 2 is 1.82 bits per heavy atom. The highest BCUT2D eigenvalue weighted by atomic mass is 35.5. The van der Waals surface area contributed by atoms with Gasteiger partial charge in [-0.25, -0.2) is 0 Å². The Kier molecular flexibility index (Phi) is 5.59. The van der Waals surface area contributed by atoms with E-state index in [1.807, 2.05) is 0 Å². The van der Waals surface area contributed by atoms with E-state index in [2.05, 4.69) is 5.32 Å². The smallest absolute Gasteiger partial charge is 0.270 e. The van der Waals surface area contributed by atoms with Crippen molar-refractivity contribution in [1.29, 1.82) is 0 Å². The van der Waals surface area contributed by atoms with Gasteiger partial charge in [0.1, 0.15) is 12.4 Å². The topological polar surface area (TPSA) is 130 Å². The highest BCUT2D eigenvalue weighted by Gasteiger charge is 2.38. The molecule has 148 valence electrons. The molecule has 0 bridgehead atoms. The molecule has 10 nitrogen and oxygen atoms in total. The van der Waals surface area contributed by atoms with Crippen LogP contribution in [-0.2, 0) is 9.59 Å². The monoisotopic (exact) mass is 408 g/mol. The molecule has 1 aromatic rings. The molecule has 1 fully saturated rings. The molecule has 0 aliphatic carbocycles. The summed E-state index contributed by atoms with van der Waals surface area (Å²) in [6.45, 7) is 0.320. The van der Waals surface area contributed by atoms with E-state index >= 15 is 0 Å². The summed E-state index contributed by atoms with van der Waals surface area (Å²) in [4.78, 5) is 61.3. The Hall–Kier alpha value is -3.01. The van der Waals surface area contributed by atoms with Crippen LogP contribution < -0.4 is 5.32 Å². The molecule has 11 heteroatoms. The van der Waals surface area contributed by atoms with Gasteiger partial charge in [-0.1, -0.05) is 0 Å². The number of piperidine rings is 1. The lowest BCUT2D eigenvalue weighted by Crippen LogP contribution is -2.49. The number of nitro benzene ring substituents is 1. The van der Waals surface area contributed by atoms with Crippen molar-refractivity contribution in [2.75, 3.05) is 25.5 Å². The number of halogens is 1. The van der Waals surface area contributed by atoms with Crippen molar-refractivity contribution in [3.63, 3.8) is 0 Å². The summed E-state index contributed by atoms with van der Waals surface area (Å²) in [6.07, 6.45) is 1.09. The Labute approximate surface area is 164 Å². The second kappa shape index (κ2) is 7.93. The van der Waals surface area contributed by atoms with E-state index in [4.69, 9.17) is 11.6 Å². The van der Waals surface area contributed by atoms with Gasteiger partial charge in [0, 0.05) is 31.3 Å². The van der Waals surface area contributed by atoms with Crippen LogP contribution in [0.3, 0.4) is 0 Å². The van der Waals surface area contributed by atoms with Gasteiger partial charge in [-0.3, -0.25) is 34.2 Å². The molecular weight excluding hydrogens is 392 g/mol. The molecule has 1 N–H and O–H groups in total. The number of carbonyl (C=O) groups is 4. The van der Waals surface area contributed by atoms with Gasteiger partial charge in [-0.2, -0.15) is 0 Å². The van der Waals surface area contributed by atoms with Gasteiger partial charge in [-0.05, 0) is 18.9 Å². The number of carbonyl (C=O) groups excluding carboxylic acids is 4. The normalized spacial score (nSPS) is 16.9. The lowest BCUT2D eigenvalue weighted by atomic mass is 10.0. The minimum Gasteiger partial charge on any atom is -0.352 e. The van der Waals surface area contributed by atoms with Crippen molar-refractivity contribution in [2.24, 2.45) is 0 Å². The summed E-state index contributed by atoms with van der Waals surface area (Å²) in [7, 11) is 0. The number of rotatable bonds is 5. The number of alkyl halides is 1. The van der Waals surface area contributed by atoms with Crippen molar-refractivity contribution in [3.05, 3.63) is 39.4 Å². The first-order valence-electron chi connectivity index (χ1n) is 8.59. The van der Waals surface area contributed by atoms with Crippen LogP contribution >= 0.6 is 11.6 Å². The first-order valence-corrected chi connectivity index (χ1v) is 9.13. The quantitative estimate of drug-likeness (QED) is 0.327. The maximum absolute atomic E-state index is 12.5. The average Bonchev–Trinajstić information content (AvgIpc) is 2.92. The van der Waals surface area contributed by atoms with Crippen LogP contribution in [0.4, 0.5) is 5.69 Å². The number of amides is 4. The van der Waals surface area contributed by atoms with Gasteiger partial charge in [0.15, 0.2) is 0 Å². The fourth-order valence-corrected chi connectivity index (χ4v) is 3.39. The number of non-ortho nitro benzene ring substituents is 1. The van der Waals surface area contributed by atoms with Gasteiger partial charge < -0.3 is 10.2 Å². The fourth-order valence-electron chi connectivity index (χ4n) is 3.31. The summed E-state index contributed by atoms with van der Waals surface area (Å²) in [5.41, 5.74) is -0.325. The largest absolute Gasteiger partial charge is 0.352 e. The first kappa shape index (κ1) is 19.7. The zero-order chi connectivity index (χ0) is 20.4. The number of benzene rings is 1. The average molecular weight is 409 g/mol. The standard InChI is InChI=1S/C17H17ClN4O6/c18-8-14(23)19-10-3-5-20(6-4-10)15(24)9-21-16(25)12-2-1-11(22(27)28)7-13(12)17(21)26/h1-2,7,10H,3-6,8-9H2,(H,19,23). The number of nitro groups is 1. The molecule has 0 saturated carbocycles. The number of fused-ring (bicyclic) bond motifs is 1. The van der Waals surface area contributed by atoms with Gasteiger partial charge >= 0.3 is 0 Å². The maximum Gasteiger partial charge on any atom is 0.270 e. The van der Waals surface area contributed by atoms with Crippen molar-refractivity contribution in [1.82, 2.24) is 15.1 Å². The second-order valence-corrected chi connectivity index (χ2v) is 6.81. The molecule has 1 saturated heterocycles. The van der Waals surface area contributed by atoms with Crippen LogP contribution in [0.25, 0.3) is 0 Å². The van der Waals surface area contributed by atoms with E-state index in [0.717, 1.165) is 17.0 Å². The van der Waals surface area contributed by atoms with Gasteiger partial charge in [0.05, 0.1) is 16.1 Å². The van der Waals surface area contributed by atoms with Crippen LogP contribution in [0.2, 0.25) is 0 Å². The van der Waals surface area contributed by atoms with Crippen molar-refractivity contribution >= 4 is 40.9 Å². The predicted octanol–water partition coefficient (Wildman–Crippen LogP) is 0.537. The van der Waals surface area contributed by atoms with Crippen LogP contribution in [0.5, 0.6) is 0 Å². The molecule has 0 spiro atoms. The van der Waals surface area contributed by atoms with E-state index in [0.29, 0.717) is 25.9 Å². The minimum atomic E-state index is -0.721. The summed E-state index contributed by atoms with van der Waals surface area (Å²) in [6, 6.07) is 3.35. The third-order valence-electron chi connectivity index (χ3n) is 4.79. The molecule has 3 rings (SSSR count). The predicted molar refractivity (Wildman–Crippen MR) is 96.9 cm³/mol. The molecule has 1 aromatic carbocycles. The van der Waals surface area contributed by atoms with Crippen molar-refractivity contribution < 1.29 is 24.1 Å². The second-order valence-electron chi connectivity index (χ2n) is 6.54. The molecular formula is C17H17ClN4O6. The lowest BCUT2D eigenvalue weighted by Gasteiger charge is -2.33. The highest BCUT2D eigenvalue weighted by molar-refractivity contribution is 6.27. The van der Waals surface area contributed by atoms with E-state index in [9.17, 15) is 29.3 Å². The number of hydrogen-bond acceptors (Lipinski definition) is 6. The Morgan fingerprint density at radius 1 is 1.18 bits per heavy atom. The number of imide groups is 1. The van der Waals surface area contributed by atoms with E-state index in [1.54, 1.807) is 0 Å². The van der Waals surface area contributed by atoms with E-state index in [1.165, 1.54) is 11.0 Å². The zero-order valence-electron chi connectivity index (χ0n) is 14.7. The molecule has 2 heterocycles. The molecule has 2 aliphatic rings. The summed E-state index contributed by atoms with van der Waals surface area (Å²) in [5.74, 6) is -2.16. The van der Waals surface area contributed by atoms with Gasteiger partial charge in [-0.15, -0.1) is 11.6 Å². The molecule has 28 heavy (non-hydrogen) atoms. The number of likely N-dealkylation sites (tertiary alicyclic amines) is 1. The minimum absolute atomic E-state index is 0.0471. The van der Waals surface area contributed by atoms with Crippen molar-refractivity contribution in [2.45, 2.75) is 18.9 Å². The van der Waals surface area contributed by atoms with E-state index in [-0.39, 0.29) is 34.6 Å². The molecule has 0 aromatic heterocycles. The van der Waals surface area contributed by atoms with Crippen LogP contribution in [0.15, 0.2) is 18.2 Å². The summed E-state index contributed by atoms with van der Waals surface area (Å²) >= 11 is 5.45. The third kappa shape index (κ3) is 3.81. The van der Waals surface area contributed by atoms with Crippen molar-refractivity contribution in [3.8, 4) is 0 Å². The lowest BCUT2D eigenvalue weighted by molar-refractivity contribution is -0.384. The van der Waals surface area contributed by atoms with Crippen LogP contribution in [-0.4, -0.2) is 69.9 Å². The number of hydrogen-bond donors (Lipinski definition) is 1. The SMILES string of the molecule is O=C(CCl)NC1CCN(C(=O)CN2C(=O)c3ccc([N+](=O)[O-])cc3C2=O)CC1. The van der Waals surface area contributed by atoms with Gasteiger partial charge in [0.25, 0.3) is 17.5 Å². The van der Waals surface area contributed by atoms with Crippen LogP contribution in [0.1, 0.15) is 33.6 Å². The highest BCUT2D eigenvalue weighted by Crippen LogP contribution is 2.27. The Balaban J connectivity index is 1.62. The molecule has 0 radical (unpaired) electrons. The molecule has 2 aliphatic heterocycles. The first-order chi connectivity index (χ1) is 13.3.